The zero-order chi connectivity index (χ0) is 36.7. The number of hydrogen-bond donors (Lipinski definition) is 0. The molecule has 260 valence electrons. The van der Waals surface area contributed by atoms with Gasteiger partial charge in [0, 0.05) is 42.6 Å². The lowest BCUT2D eigenvalue weighted by atomic mass is 9.79. The lowest BCUT2D eigenvalue weighted by Crippen LogP contribution is -2.15. The molecule has 1 aliphatic rings. The Bertz CT molecular complexity index is 3110. The van der Waals surface area contributed by atoms with Gasteiger partial charge in [-0.15, -0.1) is 11.3 Å². The summed E-state index contributed by atoms with van der Waals surface area (Å²) in [4.78, 5) is 2.41. The smallest absolute Gasteiger partial charge is 0.0468 e. The van der Waals surface area contributed by atoms with Crippen LogP contribution in [0.5, 0.6) is 0 Å². The van der Waals surface area contributed by atoms with Gasteiger partial charge in [-0.25, -0.2) is 0 Å². The second-order valence-corrected chi connectivity index (χ2v) is 16.4. The maximum absolute atomic E-state index is 2.41. The summed E-state index contributed by atoms with van der Waals surface area (Å²) in [7, 11) is 0. The molecule has 0 atom stereocenters. The van der Waals surface area contributed by atoms with E-state index < -0.39 is 0 Å². The van der Waals surface area contributed by atoms with Crippen LogP contribution in [0.4, 0.5) is 17.1 Å². The van der Waals surface area contributed by atoms with Crippen molar-refractivity contribution in [3.63, 3.8) is 0 Å². The molecule has 2 heteroatoms. The monoisotopic (exact) mass is 719 g/mol. The van der Waals surface area contributed by atoms with Crippen molar-refractivity contribution < 1.29 is 0 Å². The summed E-state index contributed by atoms with van der Waals surface area (Å²) in [5.74, 6) is 0. The average Bonchev–Trinajstić information content (AvgIpc) is 3.73. The van der Waals surface area contributed by atoms with Crippen molar-refractivity contribution >= 4 is 70.1 Å². The number of fused-ring (bicyclic) bond motifs is 9. The fraction of sp³-hybridized carbons (Fsp3) is 0.0566. The topological polar surface area (TPSA) is 3.24 Å². The molecule has 0 amide bonds. The molecule has 0 unspecified atom stereocenters. The minimum absolute atomic E-state index is 0.0963. The molecule has 1 aliphatic carbocycles. The summed E-state index contributed by atoms with van der Waals surface area (Å²) in [5.41, 5.74) is 13.8. The van der Waals surface area contributed by atoms with Gasteiger partial charge in [-0.1, -0.05) is 147 Å². The molecular formula is C53H37NS. The molecule has 0 saturated carbocycles. The Balaban J connectivity index is 1.07. The van der Waals surface area contributed by atoms with Gasteiger partial charge in [-0.2, -0.15) is 0 Å². The van der Waals surface area contributed by atoms with Crippen LogP contribution in [0.1, 0.15) is 25.0 Å². The predicted molar refractivity (Wildman–Crippen MR) is 237 cm³/mol. The summed E-state index contributed by atoms with van der Waals surface area (Å²) < 4.78 is 2.62. The molecule has 11 rings (SSSR count). The Morgan fingerprint density at radius 1 is 0.400 bits per heavy atom. The molecule has 10 aromatic rings. The predicted octanol–water partition coefficient (Wildman–Crippen LogP) is 15.5. The summed E-state index contributed by atoms with van der Waals surface area (Å²) in [5, 5.41) is 7.75. The second-order valence-electron chi connectivity index (χ2n) is 15.3. The molecule has 0 saturated heterocycles. The van der Waals surface area contributed by atoms with Crippen LogP contribution in [-0.4, -0.2) is 0 Å². The molecule has 0 aliphatic heterocycles. The minimum Gasteiger partial charge on any atom is -0.310 e. The van der Waals surface area contributed by atoms with E-state index in [1.54, 1.807) is 0 Å². The standard InChI is InChI=1S/C53H37NS/c1-53(2)48-20-9-7-18-45(48)51-46(32-37-13-4-6-16-43(37)52(51)53)36-24-28-39(29-25-36)54(40-30-31-50-47(33-40)44-17-8-10-21-49(44)55-50)38-26-22-35(23-27-38)42-19-11-14-34-12-3-5-15-41(34)42/h3-33H,1-2H3. The first-order valence-electron chi connectivity index (χ1n) is 19.1. The van der Waals surface area contributed by atoms with E-state index in [4.69, 9.17) is 0 Å². The second kappa shape index (κ2) is 12.3. The van der Waals surface area contributed by atoms with Crippen LogP contribution in [0.3, 0.4) is 0 Å². The number of anilines is 3. The maximum Gasteiger partial charge on any atom is 0.0468 e. The van der Waals surface area contributed by atoms with Gasteiger partial charge in [-0.05, 0) is 121 Å². The van der Waals surface area contributed by atoms with Gasteiger partial charge in [0.15, 0.2) is 0 Å². The fourth-order valence-corrected chi connectivity index (χ4v) is 10.3. The summed E-state index contributed by atoms with van der Waals surface area (Å²) in [6.07, 6.45) is 0. The normalized spacial score (nSPS) is 13.1. The van der Waals surface area contributed by atoms with E-state index in [2.05, 4.69) is 207 Å². The third-order valence-electron chi connectivity index (χ3n) is 11.8. The Morgan fingerprint density at radius 3 is 1.75 bits per heavy atom. The first-order valence-corrected chi connectivity index (χ1v) is 19.9. The molecule has 9 aromatic carbocycles. The molecule has 1 heterocycles. The zero-order valence-corrected chi connectivity index (χ0v) is 31.6. The van der Waals surface area contributed by atoms with Gasteiger partial charge < -0.3 is 4.90 Å². The summed E-state index contributed by atoms with van der Waals surface area (Å²) in [6.45, 7) is 4.77. The van der Waals surface area contributed by atoms with E-state index in [1.165, 1.54) is 86.2 Å². The molecule has 0 spiro atoms. The number of hydrogen-bond acceptors (Lipinski definition) is 2. The third kappa shape index (κ3) is 4.99. The van der Waals surface area contributed by atoms with Crippen molar-refractivity contribution in [3.05, 3.63) is 199 Å². The van der Waals surface area contributed by atoms with Gasteiger partial charge in [-0.3, -0.25) is 0 Å². The molecule has 1 nitrogen and oxygen atoms in total. The lowest BCUT2D eigenvalue weighted by Gasteiger charge is -2.26. The van der Waals surface area contributed by atoms with Crippen LogP contribution in [0.25, 0.3) is 75.1 Å². The van der Waals surface area contributed by atoms with Crippen LogP contribution >= 0.6 is 11.3 Å². The quantitative estimate of drug-likeness (QED) is 0.171. The van der Waals surface area contributed by atoms with E-state index in [9.17, 15) is 0 Å². The van der Waals surface area contributed by atoms with Crippen molar-refractivity contribution in [2.75, 3.05) is 4.90 Å². The fourth-order valence-electron chi connectivity index (χ4n) is 9.24. The van der Waals surface area contributed by atoms with E-state index in [-0.39, 0.29) is 5.41 Å². The molecule has 0 bridgehead atoms. The summed E-state index contributed by atoms with van der Waals surface area (Å²) in [6, 6.07) is 69.5. The highest BCUT2D eigenvalue weighted by molar-refractivity contribution is 7.25. The van der Waals surface area contributed by atoms with Crippen molar-refractivity contribution in [1.29, 1.82) is 0 Å². The average molecular weight is 720 g/mol. The van der Waals surface area contributed by atoms with Gasteiger partial charge >= 0.3 is 0 Å². The zero-order valence-electron chi connectivity index (χ0n) is 30.8. The Kier molecular flexibility index (Phi) is 7.14. The summed E-state index contributed by atoms with van der Waals surface area (Å²) >= 11 is 1.86. The van der Waals surface area contributed by atoms with Gasteiger partial charge in [0.2, 0.25) is 0 Å². The first-order chi connectivity index (χ1) is 27.0. The van der Waals surface area contributed by atoms with Crippen molar-refractivity contribution in [2.24, 2.45) is 0 Å². The third-order valence-corrected chi connectivity index (χ3v) is 13.0. The Hall–Kier alpha value is -6.48. The van der Waals surface area contributed by atoms with Crippen molar-refractivity contribution in [1.82, 2.24) is 0 Å². The van der Waals surface area contributed by atoms with Gasteiger partial charge in [0.05, 0.1) is 0 Å². The SMILES string of the molecule is CC1(C)c2ccccc2-c2c(-c3ccc(N(c4ccc(-c5cccc6ccccc56)cc4)c4ccc5sc6ccccc6c5c4)cc3)cc3ccccc3c21. The van der Waals surface area contributed by atoms with E-state index in [1.807, 2.05) is 11.3 Å². The molecular weight excluding hydrogens is 683 g/mol. The molecule has 0 N–H and O–H groups in total. The number of rotatable bonds is 5. The molecule has 0 radical (unpaired) electrons. The molecule has 0 fully saturated rings. The lowest BCUT2D eigenvalue weighted by molar-refractivity contribution is 0.666. The van der Waals surface area contributed by atoms with Crippen molar-refractivity contribution in [2.45, 2.75) is 19.3 Å². The maximum atomic E-state index is 2.41. The van der Waals surface area contributed by atoms with Crippen LogP contribution in [-0.2, 0) is 5.41 Å². The van der Waals surface area contributed by atoms with Crippen molar-refractivity contribution in [3.8, 4) is 33.4 Å². The first kappa shape index (κ1) is 32.0. The number of nitrogens with zero attached hydrogens (tertiary/aromatic N) is 1. The van der Waals surface area contributed by atoms with E-state index >= 15 is 0 Å². The van der Waals surface area contributed by atoms with Crippen LogP contribution in [0.15, 0.2) is 188 Å². The number of thiophene rings is 1. The Labute approximate surface area is 325 Å². The van der Waals surface area contributed by atoms with E-state index in [0.717, 1.165) is 17.1 Å². The molecule has 55 heavy (non-hydrogen) atoms. The highest BCUT2D eigenvalue weighted by atomic mass is 32.1. The highest BCUT2D eigenvalue weighted by Gasteiger charge is 2.38. The van der Waals surface area contributed by atoms with Crippen LogP contribution < -0.4 is 4.90 Å². The highest BCUT2D eigenvalue weighted by Crippen LogP contribution is 2.55. The van der Waals surface area contributed by atoms with Crippen LogP contribution in [0, 0.1) is 0 Å². The van der Waals surface area contributed by atoms with Crippen LogP contribution in [0.2, 0.25) is 0 Å². The molecule has 1 aromatic heterocycles. The van der Waals surface area contributed by atoms with E-state index in [0.29, 0.717) is 0 Å². The largest absolute Gasteiger partial charge is 0.310 e. The van der Waals surface area contributed by atoms with Gasteiger partial charge in [0.1, 0.15) is 0 Å². The van der Waals surface area contributed by atoms with Gasteiger partial charge in [0.25, 0.3) is 0 Å². The number of benzene rings is 9. The minimum atomic E-state index is -0.0963. The Morgan fingerprint density at radius 2 is 0.964 bits per heavy atom.